The van der Waals surface area contributed by atoms with Crippen LogP contribution in [0.4, 0.5) is 0 Å². The summed E-state index contributed by atoms with van der Waals surface area (Å²) in [6, 6.07) is 28.4. The largest absolute Gasteiger partial charge is 0.338 e. The van der Waals surface area contributed by atoms with Crippen molar-refractivity contribution >= 4 is 15.9 Å². The molecule has 0 aromatic heterocycles. The van der Waals surface area contributed by atoms with E-state index in [-0.39, 0.29) is 23.8 Å². The van der Waals surface area contributed by atoms with E-state index < -0.39 is 10.0 Å². The molecule has 0 heterocycles. The predicted molar refractivity (Wildman–Crippen MR) is 132 cm³/mol. The maximum atomic E-state index is 13.2. The zero-order valence-corrected chi connectivity index (χ0v) is 20.0. The molecule has 33 heavy (non-hydrogen) atoms. The molecule has 0 aliphatic heterocycles. The molecule has 0 spiro atoms. The number of benzene rings is 3. The van der Waals surface area contributed by atoms with Crippen LogP contribution >= 0.6 is 0 Å². The smallest absolute Gasteiger partial charge is 0.243 e. The van der Waals surface area contributed by atoms with Gasteiger partial charge in [-0.25, -0.2) is 8.42 Å². The average molecular weight is 465 g/mol. The van der Waals surface area contributed by atoms with Gasteiger partial charge in [0.2, 0.25) is 15.9 Å². The second-order valence-corrected chi connectivity index (χ2v) is 9.94. The van der Waals surface area contributed by atoms with Gasteiger partial charge in [-0.3, -0.25) is 4.79 Å². The first kappa shape index (κ1) is 24.7. The highest BCUT2D eigenvalue weighted by Gasteiger charge is 2.25. The first-order chi connectivity index (χ1) is 16.0. The topological polar surface area (TPSA) is 57.7 Å². The minimum Gasteiger partial charge on any atom is -0.338 e. The average Bonchev–Trinajstić information content (AvgIpc) is 2.85. The maximum absolute atomic E-state index is 13.2. The summed E-state index contributed by atoms with van der Waals surface area (Å²) in [5, 5.41) is 0. The summed E-state index contributed by atoms with van der Waals surface area (Å²) in [5.41, 5.74) is 2.23. The van der Waals surface area contributed by atoms with Crippen LogP contribution in [0, 0.1) is 0 Å². The van der Waals surface area contributed by atoms with Crippen molar-refractivity contribution in [2.24, 2.45) is 0 Å². The van der Waals surface area contributed by atoms with Crippen molar-refractivity contribution in [2.45, 2.75) is 37.6 Å². The molecule has 0 bridgehead atoms. The lowest BCUT2D eigenvalue weighted by Crippen LogP contribution is -2.38. The summed E-state index contributed by atoms with van der Waals surface area (Å²) < 4.78 is 27.6. The predicted octanol–water partition coefficient (Wildman–Crippen LogP) is 4.75. The number of sulfonamides is 1. The molecule has 174 valence electrons. The Labute approximate surface area is 197 Å². The molecule has 3 aromatic carbocycles. The first-order valence-electron chi connectivity index (χ1n) is 11.4. The summed E-state index contributed by atoms with van der Waals surface area (Å²) in [6.45, 7) is 3.58. The van der Waals surface area contributed by atoms with Gasteiger partial charge >= 0.3 is 0 Å². The van der Waals surface area contributed by atoms with E-state index in [2.05, 4.69) is 12.1 Å². The highest BCUT2D eigenvalue weighted by molar-refractivity contribution is 7.89. The van der Waals surface area contributed by atoms with Gasteiger partial charge in [0.05, 0.1) is 4.90 Å². The van der Waals surface area contributed by atoms with E-state index in [1.807, 2.05) is 60.4 Å². The quantitative estimate of drug-likeness (QED) is 0.389. The molecule has 1 amide bonds. The van der Waals surface area contributed by atoms with E-state index in [0.29, 0.717) is 26.1 Å². The van der Waals surface area contributed by atoms with Crippen molar-refractivity contribution in [3.8, 4) is 0 Å². The van der Waals surface area contributed by atoms with Crippen LogP contribution < -0.4 is 0 Å². The molecule has 6 heteroatoms. The molecule has 3 aromatic rings. The van der Waals surface area contributed by atoms with Gasteiger partial charge in [-0.05, 0) is 36.1 Å². The number of nitrogens with zero attached hydrogens (tertiary/aromatic N) is 2. The summed E-state index contributed by atoms with van der Waals surface area (Å²) in [6.07, 6.45) is 1.58. The Balaban J connectivity index is 1.71. The minimum atomic E-state index is -3.64. The van der Waals surface area contributed by atoms with Crippen LogP contribution in [0.15, 0.2) is 95.9 Å². The maximum Gasteiger partial charge on any atom is 0.243 e. The molecular weight excluding hydrogens is 432 g/mol. The minimum absolute atomic E-state index is 0.0425. The molecule has 0 radical (unpaired) electrons. The molecule has 0 aliphatic carbocycles. The fourth-order valence-electron chi connectivity index (χ4n) is 3.73. The van der Waals surface area contributed by atoms with Crippen LogP contribution in [0.2, 0.25) is 0 Å². The lowest BCUT2D eigenvalue weighted by molar-refractivity contribution is -0.131. The number of amides is 1. The number of carbonyl (C=O) groups excluding carboxylic acids is 1. The Bertz CT molecular complexity index is 1090. The van der Waals surface area contributed by atoms with E-state index in [4.69, 9.17) is 0 Å². The second kappa shape index (κ2) is 12.3. The molecule has 0 atom stereocenters. The Morgan fingerprint density at radius 3 is 1.85 bits per heavy atom. The molecule has 5 nitrogen and oxygen atoms in total. The van der Waals surface area contributed by atoms with Crippen molar-refractivity contribution in [2.75, 3.05) is 19.6 Å². The number of hydrogen-bond donors (Lipinski definition) is 0. The van der Waals surface area contributed by atoms with Crippen molar-refractivity contribution in [1.29, 1.82) is 0 Å². The van der Waals surface area contributed by atoms with Crippen LogP contribution in [0.25, 0.3) is 0 Å². The van der Waals surface area contributed by atoms with Gasteiger partial charge in [-0.1, -0.05) is 85.8 Å². The molecule has 0 unspecified atom stereocenters. The van der Waals surface area contributed by atoms with Crippen molar-refractivity contribution in [3.05, 3.63) is 102 Å². The molecule has 0 fully saturated rings. The number of rotatable bonds is 12. The molecule has 0 aliphatic rings. The van der Waals surface area contributed by atoms with E-state index in [0.717, 1.165) is 12.0 Å². The lowest BCUT2D eigenvalue weighted by atomic mass is 10.1. The molecule has 0 N–H and O–H groups in total. The van der Waals surface area contributed by atoms with E-state index in [1.165, 1.54) is 9.87 Å². The fourth-order valence-corrected chi connectivity index (χ4v) is 5.28. The molecule has 0 saturated heterocycles. The van der Waals surface area contributed by atoms with Crippen LogP contribution in [-0.4, -0.2) is 43.2 Å². The van der Waals surface area contributed by atoms with E-state index in [9.17, 15) is 13.2 Å². The van der Waals surface area contributed by atoms with Crippen molar-refractivity contribution in [3.63, 3.8) is 0 Å². The molecule has 0 saturated carbocycles. The highest BCUT2D eigenvalue weighted by atomic mass is 32.2. The SMILES string of the molecule is CCCN(CCC(=O)N(CCc1ccccc1)Cc1ccccc1)S(=O)(=O)c1ccccc1. The summed E-state index contributed by atoms with van der Waals surface area (Å²) in [7, 11) is -3.64. The first-order valence-corrected chi connectivity index (χ1v) is 12.9. The Morgan fingerprint density at radius 2 is 1.27 bits per heavy atom. The summed E-state index contributed by atoms with van der Waals surface area (Å²) >= 11 is 0. The molecular formula is C27H32N2O3S. The van der Waals surface area contributed by atoms with Crippen LogP contribution in [0.1, 0.15) is 30.9 Å². The van der Waals surface area contributed by atoms with Gasteiger partial charge in [-0.2, -0.15) is 4.31 Å². The van der Waals surface area contributed by atoms with Crippen LogP contribution in [0.5, 0.6) is 0 Å². The van der Waals surface area contributed by atoms with Crippen molar-refractivity contribution < 1.29 is 13.2 Å². The summed E-state index contributed by atoms with van der Waals surface area (Å²) in [5.74, 6) is -0.0425. The number of hydrogen-bond acceptors (Lipinski definition) is 3. The third-order valence-electron chi connectivity index (χ3n) is 5.51. The fraction of sp³-hybridized carbons (Fsp3) is 0.296. The third kappa shape index (κ3) is 7.27. The highest BCUT2D eigenvalue weighted by Crippen LogP contribution is 2.17. The Kier molecular flexibility index (Phi) is 9.22. The lowest BCUT2D eigenvalue weighted by Gasteiger charge is -2.26. The van der Waals surface area contributed by atoms with Gasteiger partial charge in [-0.15, -0.1) is 0 Å². The van der Waals surface area contributed by atoms with E-state index >= 15 is 0 Å². The van der Waals surface area contributed by atoms with Crippen molar-refractivity contribution in [1.82, 2.24) is 9.21 Å². The van der Waals surface area contributed by atoms with Crippen LogP contribution in [0.3, 0.4) is 0 Å². The Hall–Kier alpha value is -2.96. The monoisotopic (exact) mass is 464 g/mol. The normalized spacial score (nSPS) is 11.5. The zero-order valence-electron chi connectivity index (χ0n) is 19.1. The van der Waals surface area contributed by atoms with Gasteiger partial charge < -0.3 is 4.90 Å². The third-order valence-corrected chi connectivity index (χ3v) is 7.42. The molecule has 3 rings (SSSR count). The standard InChI is InChI=1S/C27H32N2O3S/c1-2-20-29(33(31,32)26-16-10-5-11-17-26)22-19-27(30)28(23-25-14-8-4-9-15-25)21-18-24-12-6-3-7-13-24/h3-17H,2,18-23H2,1H3. The van der Waals surface area contributed by atoms with Gasteiger partial charge in [0.15, 0.2) is 0 Å². The van der Waals surface area contributed by atoms with Crippen LogP contribution in [-0.2, 0) is 27.8 Å². The second-order valence-electron chi connectivity index (χ2n) is 8.00. The van der Waals surface area contributed by atoms with Gasteiger partial charge in [0, 0.05) is 32.6 Å². The summed E-state index contributed by atoms with van der Waals surface area (Å²) in [4.78, 5) is 15.3. The van der Waals surface area contributed by atoms with E-state index in [1.54, 1.807) is 30.3 Å². The van der Waals surface area contributed by atoms with Gasteiger partial charge in [0.1, 0.15) is 0 Å². The number of carbonyl (C=O) groups is 1. The van der Waals surface area contributed by atoms with Gasteiger partial charge in [0.25, 0.3) is 0 Å². The Morgan fingerprint density at radius 1 is 0.727 bits per heavy atom. The zero-order chi connectivity index (χ0) is 23.5.